The fraction of sp³-hybridized carbons (Fsp3) is 0.400. The van der Waals surface area contributed by atoms with E-state index < -0.39 is 10.2 Å². The molecule has 0 aliphatic heterocycles. The van der Waals surface area contributed by atoms with Crippen molar-refractivity contribution >= 4 is 11.8 Å². The maximum atomic E-state index is 5.83. The van der Waals surface area contributed by atoms with Crippen molar-refractivity contribution in [1.82, 2.24) is 0 Å². The van der Waals surface area contributed by atoms with Gasteiger partial charge in [0, 0.05) is 28.4 Å². The molecule has 0 aromatic heterocycles. The molecule has 148 valence electrons. The van der Waals surface area contributed by atoms with Gasteiger partial charge in [0.05, 0.1) is 25.3 Å². The number of hydrogen-bond donors (Lipinski definition) is 0. The van der Waals surface area contributed by atoms with E-state index >= 15 is 0 Å². The lowest BCUT2D eigenvalue weighted by molar-refractivity contribution is -0.172. The molecule has 0 fully saturated rings. The minimum Gasteiger partial charge on any atom is -0.496 e. The van der Waals surface area contributed by atoms with Crippen LogP contribution < -0.4 is 9.47 Å². The Balaban J connectivity index is 2.63. The van der Waals surface area contributed by atoms with Crippen molar-refractivity contribution in [3.05, 3.63) is 59.7 Å². The van der Waals surface area contributed by atoms with E-state index in [9.17, 15) is 0 Å². The van der Waals surface area contributed by atoms with Crippen molar-refractivity contribution in [2.24, 2.45) is 0 Å². The topological polar surface area (TPSA) is 55.4 Å². The first-order valence-electron chi connectivity index (χ1n) is 8.24. The molecule has 0 radical (unpaired) electrons. The highest BCUT2D eigenvalue weighted by molar-refractivity contribution is 8.00. The van der Waals surface area contributed by atoms with Gasteiger partial charge in [0.25, 0.3) is 10.2 Å². The van der Waals surface area contributed by atoms with Crippen LogP contribution in [0.2, 0.25) is 0 Å². The second-order valence-corrected chi connectivity index (χ2v) is 6.71. The van der Waals surface area contributed by atoms with Gasteiger partial charge in [-0.15, -0.1) is 0 Å². The number of hydrogen-bond acceptors (Lipinski definition) is 7. The molecule has 2 rings (SSSR count). The van der Waals surface area contributed by atoms with Crippen molar-refractivity contribution in [1.29, 1.82) is 0 Å². The van der Waals surface area contributed by atoms with Crippen LogP contribution in [0.25, 0.3) is 0 Å². The highest BCUT2D eigenvalue weighted by atomic mass is 32.2. The summed E-state index contributed by atoms with van der Waals surface area (Å²) in [6.45, 7) is 0. The number of benzene rings is 2. The molecule has 2 aromatic carbocycles. The minimum atomic E-state index is -1.26. The zero-order valence-electron chi connectivity index (χ0n) is 16.5. The van der Waals surface area contributed by atoms with Gasteiger partial charge in [-0.2, -0.15) is 0 Å². The standard InChI is InChI=1S/C20H26O6S/c1-21-17-13-9-7-11-15(17)19(23-3,24-4)27-20(25-5,26-6)16-12-8-10-14-18(16)22-2/h7-14H,1-6H3. The zero-order valence-corrected chi connectivity index (χ0v) is 17.3. The van der Waals surface area contributed by atoms with Crippen LogP contribution in [0.4, 0.5) is 0 Å². The molecule has 0 saturated carbocycles. The number of rotatable bonds is 10. The first-order valence-corrected chi connectivity index (χ1v) is 9.05. The van der Waals surface area contributed by atoms with Crippen molar-refractivity contribution in [2.45, 2.75) is 10.2 Å². The van der Waals surface area contributed by atoms with E-state index in [0.29, 0.717) is 22.6 Å². The van der Waals surface area contributed by atoms with Crippen LogP contribution in [0.1, 0.15) is 11.1 Å². The second-order valence-electron chi connectivity index (χ2n) is 5.43. The molecule has 0 aliphatic carbocycles. The molecular weight excluding hydrogens is 368 g/mol. The lowest BCUT2D eigenvalue weighted by Crippen LogP contribution is -2.38. The average Bonchev–Trinajstić information content (AvgIpc) is 2.75. The number of para-hydroxylation sites is 2. The fourth-order valence-corrected chi connectivity index (χ4v) is 4.10. The van der Waals surface area contributed by atoms with Gasteiger partial charge in [-0.3, -0.25) is 0 Å². The quantitative estimate of drug-likeness (QED) is 0.566. The van der Waals surface area contributed by atoms with E-state index in [1.165, 1.54) is 11.8 Å². The Bertz CT molecular complexity index is 666. The summed E-state index contributed by atoms with van der Waals surface area (Å²) < 4.78 is 34.3. The van der Waals surface area contributed by atoms with E-state index in [1.54, 1.807) is 42.7 Å². The molecule has 0 aliphatic rings. The predicted octanol–water partition coefficient (Wildman–Crippen LogP) is 3.94. The van der Waals surface area contributed by atoms with Gasteiger partial charge in [0.1, 0.15) is 11.5 Å². The summed E-state index contributed by atoms with van der Waals surface area (Å²) in [5, 5.41) is -2.53. The zero-order chi connectivity index (χ0) is 19.9. The van der Waals surface area contributed by atoms with Crippen molar-refractivity contribution in [3.63, 3.8) is 0 Å². The largest absolute Gasteiger partial charge is 0.496 e. The number of methoxy groups -OCH3 is 6. The maximum Gasteiger partial charge on any atom is 0.254 e. The highest BCUT2D eigenvalue weighted by Gasteiger charge is 2.49. The summed E-state index contributed by atoms with van der Waals surface area (Å²) in [6.07, 6.45) is 0. The smallest absolute Gasteiger partial charge is 0.254 e. The Hall–Kier alpha value is -1.77. The molecule has 0 spiro atoms. The summed E-state index contributed by atoms with van der Waals surface area (Å²) in [6, 6.07) is 15.0. The molecule has 0 N–H and O–H groups in total. The summed E-state index contributed by atoms with van der Waals surface area (Å²) in [5.74, 6) is 1.24. The first kappa shape index (κ1) is 21.5. The molecule has 7 heteroatoms. The van der Waals surface area contributed by atoms with Gasteiger partial charge in [-0.05, 0) is 36.0 Å². The summed E-state index contributed by atoms with van der Waals surface area (Å²) in [7, 11) is 9.42. The molecule has 2 aromatic rings. The maximum absolute atomic E-state index is 5.83. The van der Waals surface area contributed by atoms with Crippen LogP contribution in [-0.2, 0) is 29.2 Å². The molecular formula is C20H26O6S. The molecule has 0 bridgehead atoms. The summed E-state index contributed by atoms with van der Waals surface area (Å²) in [5.41, 5.74) is 1.38. The van der Waals surface area contributed by atoms with Gasteiger partial charge >= 0.3 is 0 Å². The summed E-state index contributed by atoms with van der Waals surface area (Å²) in [4.78, 5) is 0. The van der Waals surface area contributed by atoms with Crippen LogP contribution in [0.5, 0.6) is 11.5 Å². The second kappa shape index (κ2) is 9.43. The van der Waals surface area contributed by atoms with Crippen molar-refractivity contribution < 1.29 is 28.4 Å². The Morgan fingerprint density at radius 1 is 0.556 bits per heavy atom. The van der Waals surface area contributed by atoms with Crippen LogP contribution >= 0.6 is 11.8 Å². The third-order valence-electron chi connectivity index (χ3n) is 4.22. The Labute approximate surface area is 164 Å². The molecule has 0 unspecified atom stereocenters. The van der Waals surface area contributed by atoms with Crippen molar-refractivity contribution in [2.75, 3.05) is 42.7 Å². The van der Waals surface area contributed by atoms with Crippen molar-refractivity contribution in [3.8, 4) is 11.5 Å². The Kier molecular flexibility index (Phi) is 7.52. The lowest BCUT2D eigenvalue weighted by Gasteiger charge is -2.40. The van der Waals surface area contributed by atoms with Crippen LogP contribution in [0, 0.1) is 0 Å². The normalized spacial score (nSPS) is 12.1. The van der Waals surface area contributed by atoms with Crippen LogP contribution in [0.15, 0.2) is 48.5 Å². The van der Waals surface area contributed by atoms with Gasteiger partial charge in [-0.25, -0.2) is 0 Å². The Morgan fingerprint density at radius 3 is 1.19 bits per heavy atom. The third kappa shape index (κ3) is 4.07. The number of ether oxygens (including phenoxy) is 6. The van der Waals surface area contributed by atoms with E-state index in [2.05, 4.69) is 0 Å². The molecule has 0 atom stereocenters. The van der Waals surface area contributed by atoms with E-state index in [4.69, 9.17) is 28.4 Å². The molecule has 0 heterocycles. The van der Waals surface area contributed by atoms with E-state index in [0.717, 1.165) is 0 Å². The summed E-state index contributed by atoms with van der Waals surface area (Å²) >= 11 is 1.20. The van der Waals surface area contributed by atoms with Gasteiger partial charge < -0.3 is 28.4 Å². The van der Waals surface area contributed by atoms with Crippen LogP contribution in [0.3, 0.4) is 0 Å². The SMILES string of the molecule is COc1ccccc1C(OC)(OC)SC(OC)(OC)c1ccccc1OC. The van der Waals surface area contributed by atoms with Gasteiger partial charge in [0.2, 0.25) is 0 Å². The fourth-order valence-electron chi connectivity index (χ4n) is 2.86. The molecule has 27 heavy (non-hydrogen) atoms. The lowest BCUT2D eigenvalue weighted by atomic mass is 10.2. The molecule has 0 saturated heterocycles. The highest BCUT2D eigenvalue weighted by Crippen LogP contribution is 2.54. The van der Waals surface area contributed by atoms with E-state index in [1.807, 2.05) is 48.5 Å². The minimum absolute atomic E-state index is 0.620. The van der Waals surface area contributed by atoms with Crippen LogP contribution in [-0.4, -0.2) is 42.7 Å². The third-order valence-corrected chi connectivity index (χ3v) is 5.86. The number of thioether (sulfide) groups is 1. The monoisotopic (exact) mass is 394 g/mol. The predicted molar refractivity (Wildman–Crippen MR) is 105 cm³/mol. The molecule has 6 nitrogen and oxygen atoms in total. The Morgan fingerprint density at radius 2 is 0.889 bits per heavy atom. The van der Waals surface area contributed by atoms with E-state index in [-0.39, 0.29) is 0 Å². The van der Waals surface area contributed by atoms with Gasteiger partial charge in [-0.1, -0.05) is 24.3 Å². The average molecular weight is 394 g/mol. The molecule has 0 amide bonds. The van der Waals surface area contributed by atoms with Gasteiger partial charge in [0.15, 0.2) is 0 Å². The first-order chi connectivity index (χ1) is 13.1.